The molecular weight excluding hydrogens is 380 g/mol. The number of rotatable bonds is 5. The average Bonchev–Trinajstić information content (AvgIpc) is 3.11. The minimum Gasteiger partial charge on any atom is -0.491 e. The normalized spacial score (nSPS) is 28.4. The molecule has 0 aliphatic carbocycles. The van der Waals surface area contributed by atoms with Crippen LogP contribution in [0, 0.1) is 0 Å². The number of piperidine rings is 1. The van der Waals surface area contributed by atoms with Crippen LogP contribution in [0.3, 0.4) is 0 Å². The lowest BCUT2D eigenvalue weighted by molar-refractivity contribution is -0.142. The van der Waals surface area contributed by atoms with Gasteiger partial charge in [0.05, 0.1) is 11.0 Å². The van der Waals surface area contributed by atoms with Crippen molar-refractivity contribution < 1.29 is 22.7 Å². The fraction of sp³-hybridized carbons (Fsp3) is 0.600. The zero-order valence-corrected chi connectivity index (χ0v) is 17.0. The zero-order chi connectivity index (χ0) is 20.1. The second-order valence-electron chi connectivity index (χ2n) is 8.14. The lowest BCUT2D eigenvalue weighted by Crippen LogP contribution is -2.53. The second kappa shape index (κ2) is 7.15. The van der Waals surface area contributed by atoms with Gasteiger partial charge >= 0.3 is 0 Å². The predicted octanol–water partition coefficient (Wildman–Crippen LogP) is 2.31. The van der Waals surface area contributed by atoms with Crippen molar-refractivity contribution in [1.82, 2.24) is 9.21 Å². The summed E-state index contributed by atoms with van der Waals surface area (Å²) in [6.07, 6.45) is 3.17. The van der Waals surface area contributed by atoms with E-state index in [2.05, 4.69) is 0 Å². The fourth-order valence-corrected chi connectivity index (χ4v) is 6.69. The Morgan fingerprint density at radius 3 is 1.96 bits per heavy atom. The fourth-order valence-electron chi connectivity index (χ4n) is 4.79. The maximum atomic E-state index is 13.3. The van der Waals surface area contributed by atoms with E-state index < -0.39 is 10.0 Å². The molecule has 28 heavy (non-hydrogen) atoms. The first kappa shape index (κ1) is 19.4. The third kappa shape index (κ3) is 3.33. The number of nitrogens with zero attached hydrogens (tertiary/aromatic N) is 2. The monoisotopic (exact) mass is 406 g/mol. The van der Waals surface area contributed by atoms with Gasteiger partial charge in [0.1, 0.15) is 5.75 Å². The van der Waals surface area contributed by atoms with Gasteiger partial charge in [0.15, 0.2) is 0 Å². The highest BCUT2D eigenvalue weighted by atomic mass is 32.2. The molecule has 2 atom stereocenters. The number of benzene rings is 1. The number of fused-ring (bicyclic) bond motifs is 2. The number of carbonyl (C=O) groups excluding carboxylic acids is 2. The first-order valence-electron chi connectivity index (χ1n) is 9.92. The summed E-state index contributed by atoms with van der Waals surface area (Å²) in [5.74, 6) is 0.402. The maximum absolute atomic E-state index is 13.3. The molecule has 4 rings (SSSR count). The SMILES string of the molecule is CC(C)Oc1ccc(S(=O)(=O)N2C3CCC2CC(N2C(=O)CCC2=O)C3)cc1. The third-order valence-electron chi connectivity index (χ3n) is 5.87. The van der Waals surface area contributed by atoms with E-state index in [1.807, 2.05) is 13.8 Å². The second-order valence-corrected chi connectivity index (χ2v) is 9.98. The highest BCUT2D eigenvalue weighted by molar-refractivity contribution is 7.89. The highest BCUT2D eigenvalue weighted by Crippen LogP contribution is 2.42. The molecule has 3 aliphatic heterocycles. The Bertz CT molecular complexity index is 850. The van der Waals surface area contributed by atoms with Gasteiger partial charge in [-0.05, 0) is 63.8 Å². The Hall–Kier alpha value is -1.93. The van der Waals surface area contributed by atoms with Crippen LogP contribution in [0.5, 0.6) is 5.75 Å². The molecule has 2 bridgehead atoms. The van der Waals surface area contributed by atoms with Crippen LogP contribution in [0.4, 0.5) is 0 Å². The minimum atomic E-state index is -3.63. The zero-order valence-electron chi connectivity index (χ0n) is 16.2. The molecule has 3 heterocycles. The van der Waals surface area contributed by atoms with Gasteiger partial charge in [0.25, 0.3) is 0 Å². The minimum absolute atomic E-state index is 0.0216. The number of ether oxygens (including phenoxy) is 1. The lowest BCUT2D eigenvalue weighted by atomic mass is 9.98. The van der Waals surface area contributed by atoms with E-state index in [0.29, 0.717) is 18.6 Å². The number of imide groups is 1. The molecule has 7 nitrogen and oxygen atoms in total. The van der Waals surface area contributed by atoms with Crippen molar-refractivity contribution in [1.29, 1.82) is 0 Å². The smallest absolute Gasteiger partial charge is 0.243 e. The van der Waals surface area contributed by atoms with Crippen LogP contribution in [-0.2, 0) is 19.6 Å². The van der Waals surface area contributed by atoms with Crippen molar-refractivity contribution in [3.8, 4) is 5.75 Å². The highest BCUT2D eigenvalue weighted by Gasteiger charge is 2.50. The summed E-state index contributed by atoms with van der Waals surface area (Å²) in [7, 11) is -3.63. The number of hydrogen-bond acceptors (Lipinski definition) is 5. The van der Waals surface area contributed by atoms with Crippen LogP contribution >= 0.6 is 0 Å². The van der Waals surface area contributed by atoms with Gasteiger partial charge < -0.3 is 4.74 Å². The first-order chi connectivity index (χ1) is 13.3. The van der Waals surface area contributed by atoms with Crippen molar-refractivity contribution in [2.45, 2.75) is 81.5 Å². The van der Waals surface area contributed by atoms with E-state index in [1.54, 1.807) is 28.6 Å². The molecule has 0 saturated carbocycles. The van der Waals surface area contributed by atoms with Gasteiger partial charge in [-0.1, -0.05) is 0 Å². The number of carbonyl (C=O) groups is 2. The molecule has 3 aliphatic rings. The topological polar surface area (TPSA) is 84.0 Å². The molecule has 152 valence electrons. The van der Waals surface area contributed by atoms with Gasteiger partial charge in [-0.3, -0.25) is 14.5 Å². The standard InChI is InChI=1S/C20H26N2O5S/c1-13(2)27-17-5-7-18(8-6-17)28(25,26)22-14-3-4-15(22)12-16(11-14)21-19(23)9-10-20(21)24/h5-8,13-16H,3-4,9-12H2,1-2H3. The first-order valence-corrected chi connectivity index (χ1v) is 11.4. The van der Waals surface area contributed by atoms with E-state index >= 15 is 0 Å². The molecule has 3 fully saturated rings. The lowest BCUT2D eigenvalue weighted by Gasteiger charge is -2.40. The van der Waals surface area contributed by atoms with Crippen molar-refractivity contribution in [2.75, 3.05) is 0 Å². The Morgan fingerprint density at radius 2 is 1.46 bits per heavy atom. The molecule has 1 aromatic rings. The van der Waals surface area contributed by atoms with E-state index in [9.17, 15) is 18.0 Å². The molecule has 0 radical (unpaired) electrons. The van der Waals surface area contributed by atoms with Gasteiger partial charge in [-0.2, -0.15) is 4.31 Å². The average molecular weight is 407 g/mol. The quantitative estimate of drug-likeness (QED) is 0.701. The van der Waals surface area contributed by atoms with Crippen molar-refractivity contribution in [3.05, 3.63) is 24.3 Å². The van der Waals surface area contributed by atoms with Crippen LogP contribution in [0.25, 0.3) is 0 Å². The summed E-state index contributed by atoms with van der Waals surface area (Å²) in [6.45, 7) is 3.84. The molecule has 8 heteroatoms. The van der Waals surface area contributed by atoms with Crippen LogP contribution in [-0.4, -0.2) is 53.7 Å². The summed E-state index contributed by atoms with van der Waals surface area (Å²) >= 11 is 0. The summed E-state index contributed by atoms with van der Waals surface area (Å²) in [4.78, 5) is 25.8. The Kier molecular flexibility index (Phi) is 4.95. The molecule has 0 spiro atoms. The van der Waals surface area contributed by atoms with E-state index in [0.717, 1.165) is 12.8 Å². The molecule has 2 amide bonds. The summed E-state index contributed by atoms with van der Waals surface area (Å²) < 4.78 is 33.8. The van der Waals surface area contributed by atoms with Crippen molar-refractivity contribution in [2.24, 2.45) is 0 Å². The van der Waals surface area contributed by atoms with Gasteiger partial charge in [0.2, 0.25) is 21.8 Å². The van der Waals surface area contributed by atoms with Crippen LogP contribution < -0.4 is 4.74 Å². The molecular formula is C20H26N2O5S. The largest absolute Gasteiger partial charge is 0.491 e. The number of likely N-dealkylation sites (tertiary alicyclic amines) is 1. The van der Waals surface area contributed by atoms with Crippen molar-refractivity contribution in [3.63, 3.8) is 0 Å². The third-order valence-corrected chi connectivity index (χ3v) is 7.89. The summed E-state index contributed by atoms with van der Waals surface area (Å²) in [5, 5.41) is 0. The van der Waals surface area contributed by atoms with E-state index in [4.69, 9.17) is 4.74 Å². The molecule has 0 N–H and O–H groups in total. The Morgan fingerprint density at radius 1 is 0.929 bits per heavy atom. The summed E-state index contributed by atoms with van der Waals surface area (Å²) in [5.41, 5.74) is 0. The predicted molar refractivity (Wildman–Crippen MR) is 102 cm³/mol. The van der Waals surface area contributed by atoms with E-state index in [-0.39, 0.29) is 53.8 Å². The van der Waals surface area contributed by atoms with Gasteiger partial charge in [0, 0.05) is 31.0 Å². The van der Waals surface area contributed by atoms with Crippen molar-refractivity contribution >= 4 is 21.8 Å². The van der Waals surface area contributed by atoms with E-state index in [1.165, 1.54) is 4.90 Å². The van der Waals surface area contributed by atoms with Gasteiger partial charge in [-0.15, -0.1) is 0 Å². The Labute approximate surface area is 165 Å². The van der Waals surface area contributed by atoms with Crippen LogP contribution in [0.2, 0.25) is 0 Å². The number of hydrogen-bond donors (Lipinski definition) is 0. The van der Waals surface area contributed by atoms with Crippen LogP contribution in [0.15, 0.2) is 29.2 Å². The number of amides is 2. The number of sulfonamides is 1. The molecule has 3 saturated heterocycles. The molecule has 1 aromatic carbocycles. The maximum Gasteiger partial charge on any atom is 0.243 e. The van der Waals surface area contributed by atoms with Gasteiger partial charge in [-0.25, -0.2) is 8.42 Å². The van der Waals surface area contributed by atoms with Crippen LogP contribution in [0.1, 0.15) is 52.4 Å². The summed E-state index contributed by atoms with van der Waals surface area (Å²) in [6, 6.07) is 6.04. The molecule has 0 aromatic heterocycles. The Balaban J connectivity index is 1.54. The molecule has 2 unspecified atom stereocenters.